The minimum Gasteiger partial charge on any atom is -0.493 e. The van der Waals surface area contributed by atoms with E-state index < -0.39 is 4.92 Å². The van der Waals surface area contributed by atoms with E-state index in [0.717, 1.165) is 29.7 Å². The SMILES string of the molecule is COc1ccc(-c2ccnn2Cc2cccc([N+](=O)[O-])c2)cc1O[C@H]1CCCO1. The molecule has 1 aliphatic rings. The van der Waals surface area contributed by atoms with Crippen molar-refractivity contribution in [2.75, 3.05) is 13.7 Å². The smallest absolute Gasteiger partial charge is 0.269 e. The van der Waals surface area contributed by atoms with Crippen molar-refractivity contribution in [1.29, 1.82) is 0 Å². The van der Waals surface area contributed by atoms with Crippen LogP contribution in [0.4, 0.5) is 5.69 Å². The fourth-order valence-corrected chi connectivity index (χ4v) is 3.36. The molecule has 0 unspecified atom stereocenters. The monoisotopic (exact) mass is 395 g/mol. The van der Waals surface area contributed by atoms with Gasteiger partial charge in [0.1, 0.15) is 0 Å². The van der Waals surface area contributed by atoms with Crippen molar-refractivity contribution in [3.8, 4) is 22.8 Å². The highest BCUT2D eigenvalue weighted by molar-refractivity contribution is 5.64. The molecule has 1 aromatic heterocycles. The van der Waals surface area contributed by atoms with Gasteiger partial charge in [0.15, 0.2) is 17.8 Å². The van der Waals surface area contributed by atoms with E-state index in [0.29, 0.717) is 24.7 Å². The largest absolute Gasteiger partial charge is 0.493 e. The summed E-state index contributed by atoms with van der Waals surface area (Å²) < 4.78 is 18.8. The van der Waals surface area contributed by atoms with Gasteiger partial charge < -0.3 is 14.2 Å². The molecule has 8 heteroatoms. The zero-order valence-corrected chi connectivity index (χ0v) is 16.0. The van der Waals surface area contributed by atoms with Gasteiger partial charge in [-0.1, -0.05) is 12.1 Å². The number of nitrogens with zero attached hydrogens (tertiary/aromatic N) is 3. The normalized spacial score (nSPS) is 16.0. The van der Waals surface area contributed by atoms with Crippen LogP contribution in [-0.2, 0) is 11.3 Å². The van der Waals surface area contributed by atoms with Gasteiger partial charge in [-0.25, -0.2) is 0 Å². The van der Waals surface area contributed by atoms with Gasteiger partial charge in [-0.2, -0.15) is 5.10 Å². The molecule has 0 saturated carbocycles. The Labute approximate surface area is 167 Å². The minimum atomic E-state index is -0.397. The summed E-state index contributed by atoms with van der Waals surface area (Å²) in [6, 6.07) is 14.1. The maximum absolute atomic E-state index is 11.0. The molecule has 0 radical (unpaired) electrons. The highest BCUT2D eigenvalue weighted by Gasteiger charge is 2.20. The minimum absolute atomic E-state index is 0.0629. The van der Waals surface area contributed by atoms with E-state index in [1.165, 1.54) is 6.07 Å². The van der Waals surface area contributed by atoms with Gasteiger partial charge in [-0.15, -0.1) is 0 Å². The molecule has 2 heterocycles. The van der Waals surface area contributed by atoms with E-state index >= 15 is 0 Å². The number of methoxy groups -OCH3 is 1. The van der Waals surface area contributed by atoms with Gasteiger partial charge in [-0.3, -0.25) is 14.8 Å². The maximum Gasteiger partial charge on any atom is 0.269 e. The predicted molar refractivity (Wildman–Crippen MR) is 106 cm³/mol. The molecular weight excluding hydrogens is 374 g/mol. The number of rotatable bonds is 7. The molecule has 29 heavy (non-hydrogen) atoms. The number of nitro benzene ring substituents is 1. The Bertz CT molecular complexity index is 1010. The average molecular weight is 395 g/mol. The van der Waals surface area contributed by atoms with Gasteiger partial charge in [0.2, 0.25) is 0 Å². The molecule has 1 aliphatic heterocycles. The quantitative estimate of drug-likeness (QED) is 0.443. The summed E-state index contributed by atoms with van der Waals surface area (Å²) in [4.78, 5) is 10.6. The van der Waals surface area contributed by atoms with Gasteiger partial charge in [-0.05, 0) is 36.2 Å². The summed E-state index contributed by atoms with van der Waals surface area (Å²) in [6.45, 7) is 1.11. The molecule has 0 amide bonds. The second-order valence-electron chi connectivity index (χ2n) is 6.73. The number of hydrogen-bond acceptors (Lipinski definition) is 6. The number of non-ortho nitro benzene ring substituents is 1. The van der Waals surface area contributed by atoms with Crippen LogP contribution in [0.2, 0.25) is 0 Å². The predicted octanol–water partition coefficient (Wildman–Crippen LogP) is 4.03. The number of aromatic nitrogens is 2. The first-order valence-electron chi connectivity index (χ1n) is 9.36. The molecular formula is C21H21N3O5. The molecule has 0 aliphatic carbocycles. The zero-order chi connectivity index (χ0) is 20.2. The fraction of sp³-hybridized carbons (Fsp3) is 0.286. The van der Waals surface area contributed by atoms with E-state index in [4.69, 9.17) is 14.2 Å². The maximum atomic E-state index is 11.0. The molecule has 4 rings (SSSR count). The average Bonchev–Trinajstić information content (AvgIpc) is 3.40. The van der Waals surface area contributed by atoms with Crippen LogP contribution in [0.25, 0.3) is 11.3 Å². The lowest BCUT2D eigenvalue weighted by molar-refractivity contribution is -0.384. The number of benzene rings is 2. The lowest BCUT2D eigenvalue weighted by Gasteiger charge is -2.17. The Balaban J connectivity index is 1.62. The van der Waals surface area contributed by atoms with E-state index in [2.05, 4.69) is 5.10 Å². The molecule has 0 bridgehead atoms. The Morgan fingerprint density at radius 3 is 2.90 bits per heavy atom. The van der Waals surface area contributed by atoms with E-state index in [-0.39, 0.29) is 12.0 Å². The van der Waals surface area contributed by atoms with Crippen molar-refractivity contribution < 1.29 is 19.1 Å². The van der Waals surface area contributed by atoms with Crippen LogP contribution in [0, 0.1) is 10.1 Å². The third kappa shape index (κ3) is 4.22. The summed E-state index contributed by atoms with van der Waals surface area (Å²) in [5, 5.41) is 15.4. The molecule has 1 fully saturated rings. The Morgan fingerprint density at radius 2 is 2.14 bits per heavy atom. The van der Waals surface area contributed by atoms with E-state index in [9.17, 15) is 10.1 Å². The molecule has 150 valence electrons. The highest BCUT2D eigenvalue weighted by Crippen LogP contribution is 2.34. The van der Waals surface area contributed by atoms with Gasteiger partial charge >= 0.3 is 0 Å². The lowest BCUT2D eigenvalue weighted by atomic mass is 10.1. The van der Waals surface area contributed by atoms with Crippen molar-refractivity contribution in [3.05, 3.63) is 70.4 Å². The first-order valence-corrected chi connectivity index (χ1v) is 9.36. The number of ether oxygens (including phenoxy) is 3. The third-order valence-corrected chi connectivity index (χ3v) is 4.78. The van der Waals surface area contributed by atoms with Crippen molar-refractivity contribution in [1.82, 2.24) is 9.78 Å². The van der Waals surface area contributed by atoms with Crippen LogP contribution in [-0.4, -0.2) is 34.7 Å². The second-order valence-corrected chi connectivity index (χ2v) is 6.73. The first-order chi connectivity index (χ1) is 14.1. The second kappa shape index (κ2) is 8.32. The molecule has 8 nitrogen and oxygen atoms in total. The van der Waals surface area contributed by atoms with Crippen LogP contribution in [0.5, 0.6) is 11.5 Å². The summed E-state index contributed by atoms with van der Waals surface area (Å²) in [5.74, 6) is 1.24. The van der Waals surface area contributed by atoms with Crippen molar-refractivity contribution >= 4 is 5.69 Å². The Morgan fingerprint density at radius 1 is 1.24 bits per heavy atom. The topological polar surface area (TPSA) is 88.7 Å². The molecule has 0 N–H and O–H groups in total. The zero-order valence-electron chi connectivity index (χ0n) is 16.0. The highest BCUT2D eigenvalue weighted by atomic mass is 16.7. The lowest BCUT2D eigenvalue weighted by Crippen LogP contribution is -2.14. The summed E-state index contributed by atoms with van der Waals surface area (Å²) in [7, 11) is 1.60. The fourth-order valence-electron chi connectivity index (χ4n) is 3.36. The van der Waals surface area contributed by atoms with Crippen molar-refractivity contribution in [2.45, 2.75) is 25.7 Å². The summed E-state index contributed by atoms with van der Waals surface area (Å²) in [6.07, 6.45) is 3.26. The van der Waals surface area contributed by atoms with Gasteiger partial charge in [0.05, 0.1) is 30.9 Å². The van der Waals surface area contributed by atoms with Gasteiger partial charge in [0.25, 0.3) is 5.69 Å². The van der Waals surface area contributed by atoms with Crippen LogP contribution in [0.15, 0.2) is 54.7 Å². The molecule has 3 aromatic rings. The summed E-state index contributed by atoms with van der Waals surface area (Å²) >= 11 is 0. The van der Waals surface area contributed by atoms with E-state index in [1.54, 1.807) is 30.1 Å². The van der Waals surface area contributed by atoms with Crippen LogP contribution in [0.1, 0.15) is 18.4 Å². The third-order valence-electron chi connectivity index (χ3n) is 4.78. The van der Waals surface area contributed by atoms with Crippen molar-refractivity contribution in [3.63, 3.8) is 0 Å². The van der Waals surface area contributed by atoms with E-state index in [1.807, 2.05) is 30.3 Å². The molecule has 2 aromatic carbocycles. The van der Waals surface area contributed by atoms with Gasteiger partial charge in [0, 0.05) is 30.3 Å². The Kier molecular flexibility index (Phi) is 5.44. The Hall–Kier alpha value is -3.39. The number of hydrogen-bond donors (Lipinski definition) is 0. The standard InChI is InChI=1S/C21H21N3O5/c1-27-19-8-7-16(13-20(19)29-21-6-3-11-28-21)18-9-10-22-23(18)14-15-4-2-5-17(12-15)24(25)26/h2,4-5,7-10,12-13,21H,3,6,11,14H2,1H3/t21-/m0/s1. The van der Waals surface area contributed by atoms with Crippen LogP contribution in [0.3, 0.4) is 0 Å². The first kappa shape index (κ1) is 18.9. The molecule has 1 atom stereocenters. The molecule has 1 saturated heterocycles. The summed E-state index contributed by atoms with van der Waals surface area (Å²) in [5.41, 5.74) is 2.64. The van der Waals surface area contributed by atoms with Crippen molar-refractivity contribution in [2.24, 2.45) is 0 Å². The number of nitro groups is 1. The van der Waals surface area contributed by atoms with Crippen LogP contribution >= 0.6 is 0 Å². The van der Waals surface area contributed by atoms with Crippen LogP contribution < -0.4 is 9.47 Å². The molecule has 0 spiro atoms.